The average Bonchev–Trinajstić information content (AvgIpc) is 2.17. The predicted molar refractivity (Wildman–Crippen MR) is 65.1 cm³/mol. The summed E-state index contributed by atoms with van der Waals surface area (Å²) in [5.74, 6) is 0. The second-order valence-corrected chi connectivity index (χ2v) is 4.31. The number of rotatable bonds is 1. The number of hydrogen-bond acceptors (Lipinski definition) is 2. The van der Waals surface area contributed by atoms with Crippen molar-refractivity contribution in [3.05, 3.63) is 39.1 Å². The van der Waals surface area contributed by atoms with Crippen LogP contribution in [-0.2, 0) is 6.61 Å². The van der Waals surface area contributed by atoms with Crippen molar-refractivity contribution in [3.63, 3.8) is 0 Å². The first-order chi connectivity index (χ1) is 6.70. The Kier molecular flexibility index (Phi) is 2.69. The molecule has 0 aliphatic heterocycles. The van der Waals surface area contributed by atoms with Gasteiger partial charge in [-0.05, 0) is 47.7 Å². The summed E-state index contributed by atoms with van der Waals surface area (Å²) in [6, 6.07) is 8.13. The van der Waals surface area contributed by atoms with Gasteiger partial charge in [-0.15, -0.1) is 0 Å². The number of hydrogen-bond donors (Lipinski definition) is 1. The molecule has 0 saturated carbocycles. The van der Waals surface area contributed by atoms with Crippen LogP contribution >= 0.6 is 22.6 Å². The van der Waals surface area contributed by atoms with E-state index in [1.165, 1.54) is 5.56 Å². The van der Waals surface area contributed by atoms with Crippen molar-refractivity contribution in [1.82, 2.24) is 4.98 Å². The van der Waals surface area contributed by atoms with Crippen LogP contribution in [0.3, 0.4) is 0 Å². The highest BCUT2D eigenvalue weighted by Gasteiger charge is 2.02. The second-order valence-electron chi connectivity index (χ2n) is 3.29. The van der Waals surface area contributed by atoms with Crippen LogP contribution in [0.15, 0.2) is 24.3 Å². The zero-order valence-electron chi connectivity index (χ0n) is 7.79. The molecule has 1 aromatic heterocycles. The highest BCUT2D eigenvalue weighted by Crippen LogP contribution is 2.19. The van der Waals surface area contributed by atoms with Crippen molar-refractivity contribution in [2.45, 2.75) is 13.5 Å². The lowest BCUT2D eigenvalue weighted by atomic mass is 10.1. The fourth-order valence-corrected chi connectivity index (χ4v) is 2.01. The summed E-state index contributed by atoms with van der Waals surface area (Å²) >= 11 is 2.15. The largest absolute Gasteiger partial charge is 0.392 e. The first kappa shape index (κ1) is 9.86. The van der Waals surface area contributed by atoms with Crippen molar-refractivity contribution in [3.8, 4) is 0 Å². The molecule has 0 unspecified atom stereocenters. The normalized spacial score (nSPS) is 10.8. The van der Waals surface area contributed by atoms with E-state index < -0.39 is 0 Å². The minimum absolute atomic E-state index is 0.0507. The van der Waals surface area contributed by atoms with Gasteiger partial charge in [-0.1, -0.05) is 11.6 Å². The summed E-state index contributed by atoms with van der Waals surface area (Å²) in [4.78, 5) is 4.41. The van der Waals surface area contributed by atoms with Gasteiger partial charge in [0.25, 0.3) is 0 Å². The lowest BCUT2D eigenvalue weighted by Gasteiger charge is -2.04. The monoisotopic (exact) mass is 299 g/mol. The minimum atomic E-state index is 0.0507. The Morgan fingerprint density at radius 3 is 2.86 bits per heavy atom. The van der Waals surface area contributed by atoms with E-state index in [1.807, 2.05) is 18.2 Å². The van der Waals surface area contributed by atoms with Crippen LogP contribution in [0.1, 0.15) is 11.1 Å². The number of aromatic nitrogens is 1. The van der Waals surface area contributed by atoms with Gasteiger partial charge in [-0.2, -0.15) is 0 Å². The second kappa shape index (κ2) is 3.82. The Balaban J connectivity index is 2.73. The molecule has 2 nitrogen and oxygen atoms in total. The number of benzene rings is 1. The molecule has 14 heavy (non-hydrogen) atoms. The van der Waals surface area contributed by atoms with Gasteiger partial charge in [0.05, 0.1) is 12.1 Å². The number of nitrogens with zero attached hydrogens (tertiary/aromatic N) is 1. The van der Waals surface area contributed by atoms with Gasteiger partial charge in [0.1, 0.15) is 3.70 Å². The number of aliphatic hydroxyl groups excluding tert-OH is 1. The fraction of sp³-hybridized carbons (Fsp3) is 0.182. The molecule has 0 aliphatic carbocycles. The fourth-order valence-electron chi connectivity index (χ4n) is 1.43. The van der Waals surface area contributed by atoms with Crippen LogP contribution in [0.5, 0.6) is 0 Å². The number of aryl methyl sites for hydroxylation is 1. The van der Waals surface area contributed by atoms with Crippen LogP contribution in [0.4, 0.5) is 0 Å². The number of aliphatic hydroxyl groups is 1. The Morgan fingerprint density at radius 2 is 2.14 bits per heavy atom. The molecular formula is C11H10INO. The van der Waals surface area contributed by atoms with Crippen LogP contribution in [0, 0.1) is 10.6 Å². The van der Waals surface area contributed by atoms with Crippen LogP contribution in [0.25, 0.3) is 10.9 Å². The minimum Gasteiger partial charge on any atom is -0.392 e. The molecule has 3 heteroatoms. The maximum Gasteiger partial charge on any atom is 0.107 e. The number of pyridine rings is 1. The molecule has 0 bridgehead atoms. The predicted octanol–water partition coefficient (Wildman–Crippen LogP) is 2.64. The Bertz CT molecular complexity index is 482. The maximum absolute atomic E-state index is 9.10. The third-order valence-corrected chi connectivity index (χ3v) is 3.10. The third-order valence-electron chi connectivity index (χ3n) is 2.17. The molecule has 2 rings (SSSR count). The van der Waals surface area contributed by atoms with E-state index in [0.717, 1.165) is 20.2 Å². The molecule has 1 N–H and O–H groups in total. The van der Waals surface area contributed by atoms with E-state index >= 15 is 0 Å². The van der Waals surface area contributed by atoms with Crippen LogP contribution in [-0.4, -0.2) is 10.1 Å². The van der Waals surface area contributed by atoms with E-state index in [0.29, 0.717) is 0 Å². The molecule has 0 aliphatic rings. The molecular weight excluding hydrogens is 289 g/mol. The van der Waals surface area contributed by atoms with E-state index in [4.69, 9.17) is 5.11 Å². The number of fused-ring (bicyclic) bond motifs is 1. The van der Waals surface area contributed by atoms with Gasteiger partial charge in [0.15, 0.2) is 0 Å². The van der Waals surface area contributed by atoms with E-state index in [9.17, 15) is 0 Å². The molecule has 0 spiro atoms. The van der Waals surface area contributed by atoms with Gasteiger partial charge in [0.2, 0.25) is 0 Å². The quantitative estimate of drug-likeness (QED) is 0.648. The summed E-state index contributed by atoms with van der Waals surface area (Å²) in [6.45, 7) is 2.10. The topological polar surface area (TPSA) is 33.1 Å². The molecule has 0 radical (unpaired) electrons. The Morgan fingerprint density at radius 1 is 1.36 bits per heavy atom. The summed E-state index contributed by atoms with van der Waals surface area (Å²) in [5, 5.41) is 10.2. The molecule has 2 aromatic rings. The van der Waals surface area contributed by atoms with Crippen molar-refractivity contribution in [1.29, 1.82) is 0 Å². The summed E-state index contributed by atoms with van der Waals surface area (Å²) in [6.07, 6.45) is 0. The molecule has 72 valence electrons. The summed E-state index contributed by atoms with van der Waals surface area (Å²) < 4.78 is 0.876. The zero-order valence-corrected chi connectivity index (χ0v) is 9.95. The van der Waals surface area contributed by atoms with Gasteiger partial charge in [0, 0.05) is 10.9 Å². The molecule has 0 fully saturated rings. The smallest absolute Gasteiger partial charge is 0.107 e. The highest BCUT2D eigenvalue weighted by molar-refractivity contribution is 14.1. The van der Waals surface area contributed by atoms with Gasteiger partial charge < -0.3 is 5.11 Å². The van der Waals surface area contributed by atoms with E-state index in [-0.39, 0.29) is 6.61 Å². The van der Waals surface area contributed by atoms with Gasteiger partial charge in [-0.25, -0.2) is 4.98 Å². The standard InChI is InChI=1S/C11H10INO/c1-7-2-3-10-8(4-7)5-9(6-14)11(12)13-10/h2-5,14H,6H2,1H3. The van der Waals surface area contributed by atoms with Gasteiger partial charge >= 0.3 is 0 Å². The molecule has 0 saturated heterocycles. The van der Waals surface area contributed by atoms with Crippen molar-refractivity contribution >= 4 is 33.5 Å². The van der Waals surface area contributed by atoms with E-state index in [1.54, 1.807) is 0 Å². The van der Waals surface area contributed by atoms with Crippen molar-refractivity contribution in [2.75, 3.05) is 0 Å². The highest BCUT2D eigenvalue weighted by atomic mass is 127. The average molecular weight is 299 g/mol. The molecule has 1 aromatic carbocycles. The Hall–Kier alpha value is -0.680. The van der Waals surface area contributed by atoms with Crippen molar-refractivity contribution < 1.29 is 5.11 Å². The van der Waals surface area contributed by atoms with Crippen molar-refractivity contribution in [2.24, 2.45) is 0 Å². The van der Waals surface area contributed by atoms with Crippen LogP contribution in [0.2, 0.25) is 0 Å². The lowest BCUT2D eigenvalue weighted by Crippen LogP contribution is -1.93. The van der Waals surface area contributed by atoms with Crippen LogP contribution < -0.4 is 0 Å². The lowest BCUT2D eigenvalue weighted by molar-refractivity contribution is 0.280. The molecule has 0 amide bonds. The molecule has 1 heterocycles. The SMILES string of the molecule is Cc1ccc2nc(I)c(CO)cc2c1. The third kappa shape index (κ3) is 1.74. The Labute approximate surface area is 96.1 Å². The first-order valence-electron chi connectivity index (χ1n) is 4.37. The first-order valence-corrected chi connectivity index (χ1v) is 5.45. The zero-order chi connectivity index (χ0) is 10.1. The van der Waals surface area contributed by atoms with Gasteiger partial charge in [-0.3, -0.25) is 0 Å². The van der Waals surface area contributed by atoms with E-state index in [2.05, 4.69) is 40.6 Å². The molecule has 0 atom stereocenters. The summed E-state index contributed by atoms with van der Waals surface area (Å²) in [7, 11) is 0. The maximum atomic E-state index is 9.10. The number of halogens is 1. The summed E-state index contributed by atoms with van der Waals surface area (Å²) in [5.41, 5.74) is 3.09.